The Bertz CT molecular complexity index is 1050. The zero-order chi connectivity index (χ0) is 20.4. The lowest BCUT2D eigenvalue weighted by molar-refractivity contribution is 0.101. The molecule has 1 aromatic heterocycles. The van der Waals surface area contributed by atoms with Gasteiger partial charge in [-0.2, -0.15) is 0 Å². The fraction of sp³-hybridized carbons (Fsp3) is 0.200. The summed E-state index contributed by atoms with van der Waals surface area (Å²) in [5.74, 6) is 0.936. The Hall–Kier alpha value is -3.40. The Morgan fingerprint density at radius 2 is 1.62 bits per heavy atom. The van der Waals surface area contributed by atoms with E-state index in [2.05, 4.69) is 18.0 Å². The fourth-order valence-corrected chi connectivity index (χ4v) is 3.82. The van der Waals surface area contributed by atoms with E-state index in [-0.39, 0.29) is 5.91 Å². The Morgan fingerprint density at radius 3 is 2.24 bits per heavy atom. The number of hydrogen-bond acceptors (Lipinski definition) is 3. The van der Waals surface area contributed by atoms with Gasteiger partial charge in [0, 0.05) is 37.1 Å². The highest BCUT2D eigenvalue weighted by Gasteiger charge is 2.35. The molecular formula is C25H25N3O. The van der Waals surface area contributed by atoms with Crippen LogP contribution in [0, 0.1) is 0 Å². The van der Waals surface area contributed by atoms with E-state index in [1.165, 1.54) is 0 Å². The molecule has 0 saturated carbocycles. The van der Waals surface area contributed by atoms with Crippen LogP contribution in [-0.4, -0.2) is 25.0 Å². The minimum atomic E-state index is 0.0215. The Morgan fingerprint density at radius 1 is 0.931 bits per heavy atom. The number of aromatic nitrogens is 1. The second-order valence-corrected chi connectivity index (χ2v) is 7.40. The minimum absolute atomic E-state index is 0.0215. The van der Waals surface area contributed by atoms with Gasteiger partial charge in [-0.1, -0.05) is 49.7 Å². The molecule has 0 unspecified atom stereocenters. The fourth-order valence-electron chi connectivity index (χ4n) is 3.82. The number of anilines is 2. The summed E-state index contributed by atoms with van der Waals surface area (Å²) in [7, 11) is 3.97. The Kier molecular flexibility index (Phi) is 5.17. The summed E-state index contributed by atoms with van der Waals surface area (Å²) in [6.07, 6.45) is 3.76. The van der Waals surface area contributed by atoms with Crippen molar-refractivity contribution in [3.8, 4) is 0 Å². The first-order valence-corrected chi connectivity index (χ1v) is 9.97. The molecule has 0 radical (unpaired) electrons. The lowest BCUT2D eigenvalue weighted by Gasteiger charge is -2.23. The van der Waals surface area contributed by atoms with E-state index in [1.54, 1.807) is 0 Å². The minimum Gasteiger partial charge on any atom is -0.363 e. The van der Waals surface area contributed by atoms with Crippen molar-refractivity contribution >= 4 is 28.7 Å². The highest BCUT2D eigenvalue weighted by atomic mass is 16.2. The number of pyridine rings is 1. The van der Waals surface area contributed by atoms with Gasteiger partial charge in [-0.15, -0.1) is 0 Å². The summed E-state index contributed by atoms with van der Waals surface area (Å²) < 4.78 is 0. The lowest BCUT2D eigenvalue weighted by atomic mass is 9.96. The van der Waals surface area contributed by atoms with Crippen molar-refractivity contribution < 1.29 is 4.79 Å². The van der Waals surface area contributed by atoms with Crippen molar-refractivity contribution in [1.82, 2.24) is 4.98 Å². The standard InChI is InChI=1S/C25H25N3O/c1-4-10-20(18-15-16-23(26-17-18)27(2)3)24-21-13-8-9-14-22(21)25(29)28(24)19-11-6-5-7-12-19/h5-9,11-17H,4,10H2,1-3H3/b24-20+. The number of benzene rings is 2. The number of nitrogens with zero attached hydrogens (tertiary/aromatic N) is 3. The third-order valence-electron chi connectivity index (χ3n) is 5.19. The van der Waals surface area contributed by atoms with Crippen LogP contribution in [0.4, 0.5) is 11.5 Å². The normalized spacial score (nSPS) is 14.7. The van der Waals surface area contributed by atoms with Crippen molar-refractivity contribution in [3.05, 3.63) is 89.6 Å². The van der Waals surface area contributed by atoms with Crippen LogP contribution in [0.15, 0.2) is 72.9 Å². The maximum absolute atomic E-state index is 13.4. The molecular weight excluding hydrogens is 358 g/mol. The van der Waals surface area contributed by atoms with Gasteiger partial charge in [0.15, 0.2) is 0 Å². The predicted octanol–water partition coefficient (Wildman–Crippen LogP) is 5.48. The summed E-state index contributed by atoms with van der Waals surface area (Å²) >= 11 is 0. The highest BCUT2D eigenvalue weighted by molar-refractivity contribution is 6.25. The first kappa shape index (κ1) is 18.9. The van der Waals surface area contributed by atoms with Gasteiger partial charge in [-0.25, -0.2) is 4.98 Å². The number of hydrogen-bond donors (Lipinski definition) is 0. The molecule has 1 amide bonds. The van der Waals surface area contributed by atoms with Crippen LogP contribution < -0.4 is 9.80 Å². The van der Waals surface area contributed by atoms with E-state index >= 15 is 0 Å². The van der Waals surface area contributed by atoms with Crippen molar-refractivity contribution in [2.45, 2.75) is 19.8 Å². The van der Waals surface area contributed by atoms with Gasteiger partial charge in [-0.3, -0.25) is 9.69 Å². The molecule has 4 nitrogen and oxygen atoms in total. The largest absolute Gasteiger partial charge is 0.363 e. The summed E-state index contributed by atoms with van der Waals surface area (Å²) in [6, 6.07) is 21.9. The van der Waals surface area contributed by atoms with Crippen LogP contribution >= 0.6 is 0 Å². The first-order chi connectivity index (χ1) is 14.1. The number of allylic oxidation sites excluding steroid dienone is 1. The van der Waals surface area contributed by atoms with Crippen LogP contribution in [0.3, 0.4) is 0 Å². The quantitative estimate of drug-likeness (QED) is 0.586. The van der Waals surface area contributed by atoms with Crippen LogP contribution in [0.2, 0.25) is 0 Å². The molecule has 0 atom stereocenters. The van der Waals surface area contributed by atoms with Crippen molar-refractivity contribution in [2.24, 2.45) is 0 Å². The zero-order valence-corrected chi connectivity index (χ0v) is 17.1. The average Bonchev–Trinajstić information content (AvgIpc) is 3.05. The molecule has 2 aromatic carbocycles. The maximum Gasteiger partial charge on any atom is 0.263 e. The molecule has 29 heavy (non-hydrogen) atoms. The summed E-state index contributed by atoms with van der Waals surface area (Å²) in [6.45, 7) is 2.16. The van der Waals surface area contributed by atoms with E-state index in [0.717, 1.165) is 52.3 Å². The van der Waals surface area contributed by atoms with Gasteiger partial charge in [0.25, 0.3) is 5.91 Å². The van der Waals surface area contributed by atoms with E-state index < -0.39 is 0 Å². The van der Waals surface area contributed by atoms with Gasteiger partial charge < -0.3 is 4.90 Å². The summed E-state index contributed by atoms with van der Waals surface area (Å²) in [4.78, 5) is 21.8. The number of carbonyl (C=O) groups excluding carboxylic acids is 1. The number of fused-ring (bicyclic) bond motifs is 1. The van der Waals surface area contributed by atoms with Gasteiger partial charge >= 0.3 is 0 Å². The molecule has 2 heterocycles. The molecule has 1 aliphatic rings. The van der Waals surface area contributed by atoms with Gasteiger partial charge in [0.2, 0.25) is 0 Å². The van der Waals surface area contributed by atoms with Gasteiger partial charge in [0.05, 0.1) is 5.70 Å². The molecule has 1 aliphatic heterocycles. The van der Waals surface area contributed by atoms with Crippen molar-refractivity contribution in [3.63, 3.8) is 0 Å². The summed E-state index contributed by atoms with van der Waals surface area (Å²) in [5, 5.41) is 0. The lowest BCUT2D eigenvalue weighted by Crippen LogP contribution is -2.23. The number of para-hydroxylation sites is 1. The van der Waals surface area contributed by atoms with Crippen molar-refractivity contribution in [2.75, 3.05) is 23.9 Å². The number of carbonyl (C=O) groups is 1. The molecule has 0 fully saturated rings. The molecule has 0 bridgehead atoms. The molecule has 3 aromatic rings. The second kappa shape index (κ2) is 7.92. The van der Waals surface area contributed by atoms with Crippen molar-refractivity contribution in [1.29, 1.82) is 0 Å². The third-order valence-corrected chi connectivity index (χ3v) is 5.19. The van der Waals surface area contributed by atoms with E-state index in [4.69, 9.17) is 0 Å². The predicted molar refractivity (Wildman–Crippen MR) is 120 cm³/mol. The molecule has 0 aliphatic carbocycles. The molecule has 146 valence electrons. The zero-order valence-electron chi connectivity index (χ0n) is 17.1. The maximum atomic E-state index is 13.4. The topological polar surface area (TPSA) is 36.4 Å². The van der Waals surface area contributed by atoms with Crippen LogP contribution in [0.1, 0.15) is 41.3 Å². The molecule has 4 heteroatoms. The van der Waals surface area contributed by atoms with Crippen LogP contribution in [0.25, 0.3) is 11.3 Å². The summed E-state index contributed by atoms with van der Waals surface area (Å²) in [5.41, 5.74) is 5.79. The van der Waals surface area contributed by atoms with Crippen LogP contribution in [-0.2, 0) is 0 Å². The molecule has 0 saturated heterocycles. The number of amides is 1. The molecule has 4 rings (SSSR count). The smallest absolute Gasteiger partial charge is 0.263 e. The average molecular weight is 383 g/mol. The molecule has 0 N–H and O–H groups in total. The third kappa shape index (κ3) is 3.42. The Balaban J connectivity index is 1.96. The number of rotatable bonds is 5. The second-order valence-electron chi connectivity index (χ2n) is 7.40. The van der Waals surface area contributed by atoms with E-state index in [9.17, 15) is 4.79 Å². The van der Waals surface area contributed by atoms with Crippen LogP contribution in [0.5, 0.6) is 0 Å². The molecule has 0 spiro atoms. The van der Waals surface area contributed by atoms with Gasteiger partial charge in [0.1, 0.15) is 5.82 Å². The van der Waals surface area contributed by atoms with E-state index in [0.29, 0.717) is 0 Å². The first-order valence-electron chi connectivity index (χ1n) is 9.97. The monoisotopic (exact) mass is 383 g/mol. The Labute approximate surface area is 172 Å². The van der Waals surface area contributed by atoms with Gasteiger partial charge in [-0.05, 0) is 47.9 Å². The SMILES string of the molecule is CCC/C(=C1/c2ccccc2C(=O)N1c1ccccc1)c1ccc(N(C)C)nc1. The van der Waals surface area contributed by atoms with E-state index in [1.807, 2.05) is 90.8 Å². The highest BCUT2D eigenvalue weighted by Crippen LogP contribution is 2.42.